The first-order valence-electron chi connectivity index (χ1n) is 8.93. The van der Waals surface area contributed by atoms with Gasteiger partial charge in [0, 0.05) is 34.3 Å². The van der Waals surface area contributed by atoms with Crippen LogP contribution >= 0.6 is 11.6 Å². The summed E-state index contributed by atoms with van der Waals surface area (Å²) in [7, 11) is 1.60. The summed E-state index contributed by atoms with van der Waals surface area (Å²) in [5, 5.41) is 12.6. The molecule has 0 radical (unpaired) electrons. The Hall–Kier alpha value is -2.76. The lowest BCUT2D eigenvalue weighted by Gasteiger charge is -2.16. The minimum absolute atomic E-state index is 0.123. The highest BCUT2D eigenvalue weighted by molar-refractivity contribution is 6.30. The van der Waals surface area contributed by atoms with Gasteiger partial charge in [-0.15, -0.1) is 0 Å². The van der Waals surface area contributed by atoms with Gasteiger partial charge in [0.05, 0.1) is 24.6 Å². The third kappa shape index (κ3) is 3.17. The Kier molecular flexibility index (Phi) is 4.87. The molecule has 1 N–H and O–H groups in total. The van der Waals surface area contributed by atoms with E-state index in [1.54, 1.807) is 7.11 Å². The van der Waals surface area contributed by atoms with Crippen molar-refractivity contribution < 1.29 is 19.4 Å². The number of fused-ring (bicyclic) bond motifs is 1. The molecule has 1 aliphatic heterocycles. The van der Waals surface area contributed by atoms with Crippen LogP contribution < -0.4 is 4.74 Å². The fraction of sp³-hybridized carbons (Fsp3) is 0.227. The standard InChI is InChI=1S/C22H20ClNO4/c1-13-17(12-28-22(13)26)21(25)16-11-24(10-14-6-8-15(23)9-7-14)18-4-3-5-19(27-2)20(16)18/h3-9,11,17,21,25H,1,10,12H2,2H3. The van der Waals surface area contributed by atoms with E-state index in [0.29, 0.717) is 28.5 Å². The zero-order valence-electron chi connectivity index (χ0n) is 15.4. The van der Waals surface area contributed by atoms with E-state index in [9.17, 15) is 9.90 Å². The second-order valence-corrected chi connectivity index (χ2v) is 7.30. The molecule has 1 fully saturated rings. The molecule has 0 spiro atoms. The van der Waals surface area contributed by atoms with Crippen LogP contribution in [0.25, 0.3) is 10.9 Å². The summed E-state index contributed by atoms with van der Waals surface area (Å²) >= 11 is 5.99. The van der Waals surface area contributed by atoms with Crippen molar-refractivity contribution in [2.24, 2.45) is 5.92 Å². The van der Waals surface area contributed by atoms with E-state index in [1.807, 2.05) is 48.7 Å². The Morgan fingerprint density at radius 2 is 2.07 bits per heavy atom. The maximum atomic E-state index is 11.7. The molecule has 5 nitrogen and oxygen atoms in total. The number of methoxy groups -OCH3 is 1. The van der Waals surface area contributed by atoms with Gasteiger partial charge in [-0.1, -0.05) is 36.4 Å². The topological polar surface area (TPSA) is 60.7 Å². The van der Waals surface area contributed by atoms with E-state index in [-0.39, 0.29) is 6.61 Å². The van der Waals surface area contributed by atoms with E-state index < -0.39 is 18.0 Å². The zero-order valence-corrected chi connectivity index (χ0v) is 16.1. The van der Waals surface area contributed by atoms with Gasteiger partial charge in [-0.2, -0.15) is 0 Å². The van der Waals surface area contributed by atoms with Crippen LogP contribution in [0.1, 0.15) is 17.2 Å². The molecule has 144 valence electrons. The van der Waals surface area contributed by atoms with Crippen molar-refractivity contribution in [3.8, 4) is 5.75 Å². The van der Waals surface area contributed by atoms with Crippen molar-refractivity contribution in [2.75, 3.05) is 13.7 Å². The van der Waals surface area contributed by atoms with Gasteiger partial charge >= 0.3 is 5.97 Å². The molecule has 6 heteroatoms. The molecular weight excluding hydrogens is 378 g/mol. The second-order valence-electron chi connectivity index (χ2n) is 6.87. The maximum Gasteiger partial charge on any atom is 0.333 e. The monoisotopic (exact) mass is 397 g/mol. The summed E-state index contributed by atoms with van der Waals surface area (Å²) in [6.07, 6.45) is 0.979. The predicted octanol–water partition coefficient (Wildman–Crippen LogP) is 4.11. The molecule has 2 heterocycles. The first-order chi connectivity index (χ1) is 13.5. The largest absolute Gasteiger partial charge is 0.496 e. The number of nitrogens with zero attached hydrogens (tertiary/aromatic N) is 1. The van der Waals surface area contributed by atoms with Crippen LogP contribution in [0, 0.1) is 5.92 Å². The number of rotatable bonds is 5. The van der Waals surface area contributed by atoms with Gasteiger partial charge in [0.2, 0.25) is 0 Å². The molecule has 3 aromatic rings. The Morgan fingerprint density at radius 3 is 2.71 bits per heavy atom. The quantitative estimate of drug-likeness (QED) is 0.519. The normalized spacial score (nSPS) is 17.8. The Morgan fingerprint density at radius 1 is 1.32 bits per heavy atom. The summed E-state index contributed by atoms with van der Waals surface area (Å²) in [6.45, 7) is 4.51. The number of aliphatic hydroxyl groups excluding tert-OH is 1. The summed E-state index contributed by atoms with van der Waals surface area (Å²) in [5.41, 5.74) is 2.99. The fourth-order valence-electron chi connectivity index (χ4n) is 3.67. The SMILES string of the molecule is C=C1C(=O)OCC1C(O)c1cn(Cc2ccc(Cl)cc2)c2cccc(OC)c12. The number of benzene rings is 2. The Labute approximate surface area is 167 Å². The van der Waals surface area contributed by atoms with Crippen LogP contribution in [-0.4, -0.2) is 29.4 Å². The molecule has 28 heavy (non-hydrogen) atoms. The molecule has 1 aromatic heterocycles. The Bertz CT molecular complexity index is 1050. The molecule has 0 amide bonds. The molecule has 0 aliphatic carbocycles. The number of hydrogen-bond acceptors (Lipinski definition) is 4. The zero-order chi connectivity index (χ0) is 19.8. The lowest BCUT2D eigenvalue weighted by Crippen LogP contribution is -2.14. The predicted molar refractivity (Wildman–Crippen MR) is 108 cm³/mol. The average Bonchev–Trinajstić information content (AvgIpc) is 3.24. The second kappa shape index (κ2) is 7.34. The maximum absolute atomic E-state index is 11.7. The third-order valence-corrected chi connectivity index (χ3v) is 5.44. The molecule has 1 saturated heterocycles. The summed E-state index contributed by atoms with van der Waals surface area (Å²) in [4.78, 5) is 11.7. The number of halogens is 1. The number of hydrogen-bond donors (Lipinski definition) is 1. The summed E-state index contributed by atoms with van der Waals surface area (Å²) in [5.74, 6) is -0.273. The van der Waals surface area contributed by atoms with Gasteiger partial charge in [0.25, 0.3) is 0 Å². The average molecular weight is 398 g/mol. The highest BCUT2D eigenvalue weighted by Gasteiger charge is 2.36. The van der Waals surface area contributed by atoms with Crippen molar-refractivity contribution in [2.45, 2.75) is 12.6 Å². The lowest BCUT2D eigenvalue weighted by molar-refractivity contribution is -0.135. The molecule has 2 atom stereocenters. The van der Waals surface area contributed by atoms with E-state index in [4.69, 9.17) is 21.1 Å². The van der Waals surface area contributed by atoms with Crippen LogP contribution in [0.4, 0.5) is 0 Å². The van der Waals surface area contributed by atoms with Gasteiger partial charge < -0.3 is 19.1 Å². The molecule has 4 rings (SSSR count). The van der Waals surface area contributed by atoms with E-state index in [2.05, 4.69) is 11.1 Å². The molecule has 2 aromatic carbocycles. The van der Waals surface area contributed by atoms with Gasteiger partial charge in [-0.3, -0.25) is 0 Å². The minimum Gasteiger partial charge on any atom is -0.496 e. The highest BCUT2D eigenvalue weighted by Crippen LogP contribution is 2.40. The molecule has 0 bridgehead atoms. The highest BCUT2D eigenvalue weighted by atomic mass is 35.5. The van der Waals surface area contributed by atoms with E-state index in [0.717, 1.165) is 16.5 Å². The van der Waals surface area contributed by atoms with Gasteiger partial charge in [-0.05, 0) is 29.8 Å². The molecule has 2 unspecified atom stereocenters. The summed E-state index contributed by atoms with van der Waals surface area (Å²) < 4.78 is 12.7. The number of esters is 1. The van der Waals surface area contributed by atoms with E-state index in [1.165, 1.54) is 0 Å². The number of carbonyl (C=O) groups excluding carboxylic acids is 1. The van der Waals surface area contributed by atoms with Crippen LogP contribution in [0.2, 0.25) is 5.02 Å². The summed E-state index contributed by atoms with van der Waals surface area (Å²) in [6, 6.07) is 13.4. The smallest absolute Gasteiger partial charge is 0.333 e. The van der Waals surface area contributed by atoms with E-state index >= 15 is 0 Å². The molecule has 0 saturated carbocycles. The molecule has 1 aliphatic rings. The van der Waals surface area contributed by atoms with Crippen molar-refractivity contribution in [3.05, 3.63) is 77.0 Å². The lowest BCUT2D eigenvalue weighted by atomic mass is 9.91. The third-order valence-electron chi connectivity index (χ3n) is 5.19. The van der Waals surface area contributed by atoms with Crippen LogP contribution in [-0.2, 0) is 16.1 Å². The van der Waals surface area contributed by atoms with Crippen molar-refractivity contribution in [1.29, 1.82) is 0 Å². The van der Waals surface area contributed by atoms with Crippen LogP contribution in [0.5, 0.6) is 5.75 Å². The number of ether oxygens (including phenoxy) is 2. The minimum atomic E-state index is -0.927. The van der Waals surface area contributed by atoms with Crippen molar-refractivity contribution in [1.82, 2.24) is 4.57 Å². The first kappa shape index (κ1) is 18.6. The molecular formula is C22H20ClNO4. The number of aliphatic hydroxyl groups is 1. The Balaban J connectivity index is 1.80. The van der Waals surface area contributed by atoms with Crippen molar-refractivity contribution >= 4 is 28.5 Å². The van der Waals surface area contributed by atoms with Crippen LogP contribution in [0.15, 0.2) is 60.8 Å². The fourth-order valence-corrected chi connectivity index (χ4v) is 3.80. The van der Waals surface area contributed by atoms with Gasteiger partial charge in [-0.25, -0.2) is 4.79 Å². The number of carbonyl (C=O) groups is 1. The van der Waals surface area contributed by atoms with Gasteiger partial charge in [0.15, 0.2) is 0 Å². The number of aromatic nitrogens is 1. The van der Waals surface area contributed by atoms with Gasteiger partial charge in [0.1, 0.15) is 12.4 Å². The van der Waals surface area contributed by atoms with Crippen molar-refractivity contribution in [3.63, 3.8) is 0 Å². The number of cyclic esters (lactones) is 1. The van der Waals surface area contributed by atoms with Crippen LogP contribution in [0.3, 0.4) is 0 Å². The first-order valence-corrected chi connectivity index (χ1v) is 9.31.